The van der Waals surface area contributed by atoms with Crippen LogP contribution in [-0.4, -0.2) is 50.8 Å². The molecule has 31 heavy (non-hydrogen) atoms. The standard InChI is InChI=1S/C24H31N5O2/c1-25-24(28-20-12-13-29(17-20)21-9-3-2-4-10-21)26-16-18-7-5-8-19(15-18)27-23(30)22-11-6-14-31-22/h2-5,7-10,15,20,22H,6,11-14,16-17H2,1H3,(H,27,30)(H2,25,26,28). The van der Waals surface area contributed by atoms with Gasteiger partial charge in [-0.05, 0) is 49.1 Å². The summed E-state index contributed by atoms with van der Waals surface area (Å²) < 4.78 is 5.46. The second-order valence-corrected chi connectivity index (χ2v) is 8.03. The van der Waals surface area contributed by atoms with E-state index in [9.17, 15) is 4.79 Å². The fourth-order valence-corrected chi connectivity index (χ4v) is 4.09. The third kappa shape index (κ3) is 5.76. The maximum absolute atomic E-state index is 12.3. The summed E-state index contributed by atoms with van der Waals surface area (Å²) >= 11 is 0. The SMILES string of the molecule is CN=C(NCc1cccc(NC(=O)C2CCCO2)c1)NC1CCN(c2ccccc2)C1. The van der Waals surface area contributed by atoms with E-state index in [0.717, 1.165) is 49.6 Å². The molecule has 2 heterocycles. The Morgan fingerprint density at radius 2 is 2.03 bits per heavy atom. The van der Waals surface area contributed by atoms with E-state index in [1.807, 2.05) is 30.3 Å². The van der Waals surface area contributed by atoms with Crippen LogP contribution in [0.1, 0.15) is 24.8 Å². The van der Waals surface area contributed by atoms with Gasteiger partial charge in [-0.15, -0.1) is 0 Å². The summed E-state index contributed by atoms with van der Waals surface area (Å²) in [5.74, 6) is 0.720. The molecule has 0 spiro atoms. The molecule has 0 radical (unpaired) electrons. The second kappa shape index (κ2) is 10.3. The molecule has 2 atom stereocenters. The molecular formula is C24H31N5O2. The lowest BCUT2D eigenvalue weighted by atomic mass is 10.2. The first-order valence-electron chi connectivity index (χ1n) is 11.0. The number of para-hydroxylation sites is 1. The first kappa shape index (κ1) is 21.2. The number of ether oxygens (including phenoxy) is 1. The molecule has 0 saturated carbocycles. The summed E-state index contributed by atoms with van der Waals surface area (Å²) in [4.78, 5) is 19.0. The fraction of sp³-hybridized carbons (Fsp3) is 0.417. The van der Waals surface area contributed by atoms with E-state index in [2.05, 4.69) is 50.1 Å². The summed E-state index contributed by atoms with van der Waals surface area (Å²) in [5, 5.41) is 9.88. The van der Waals surface area contributed by atoms with Gasteiger partial charge in [-0.3, -0.25) is 9.79 Å². The number of hydrogen-bond acceptors (Lipinski definition) is 4. The van der Waals surface area contributed by atoms with Crippen molar-refractivity contribution in [1.82, 2.24) is 10.6 Å². The van der Waals surface area contributed by atoms with Gasteiger partial charge in [-0.25, -0.2) is 0 Å². The summed E-state index contributed by atoms with van der Waals surface area (Å²) in [6, 6.07) is 18.7. The van der Waals surface area contributed by atoms with Crippen LogP contribution in [-0.2, 0) is 16.1 Å². The Hall–Kier alpha value is -3.06. The van der Waals surface area contributed by atoms with Gasteiger partial charge in [0.25, 0.3) is 5.91 Å². The highest BCUT2D eigenvalue weighted by atomic mass is 16.5. The summed E-state index contributed by atoms with van der Waals surface area (Å²) in [6.07, 6.45) is 2.47. The normalized spacial score (nSPS) is 21.2. The maximum Gasteiger partial charge on any atom is 0.253 e. The molecule has 1 amide bonds. The highest BCUT2D eigenvalue weighted by Crippen LogP contribution is 2.20. The van der Waals surface area contributed by atoms with Crippen molar-refractivity contribution in [3.05, 3.63) is 60.2 Å². The number of carbonyl (C=O) groups excluding carboxylic acids is 1. The van der Waals surface area contributed by atoms with Crippen LogP contribution in [0.3, 0.4) is 0 Å². The van der Waals surface area contributed by atoms with Crippen molar-refractivity contribution in [2.75, 3.05) is 37.0 Å². The lowest BCUT2D eigenvalue weighted by Crippen LogP contribution is -2.44. The molecule has 2 aliphatic heterocycles. The minimum Gasteiger partial charge on any atom is -0.369 e. The van der Waals surface area contributed by atoms with E-state index in [1.165, 1.54) is 5.69 Å². The van der Waals surface area contributed by atoms with Gasteiger partial charge in [-0.2, -0.15) is 0 Å². The van der Waals surface area contributed by atoms with Crippen LogP contribution in [0.5, 0.6) is 0 Å². The monoisotopic (exact) mass is 421 g/mol. The van der Waals surface area contributed by atoms with E-state index in [4.69, 9.17) is 4.74 Å². The zero-order chi connectivity index (χ0) is 21.5. The number of carbonyl (C=O) groups is 1. The number of amides is 1. The molecule has 2 fully saturated rings. The van der Waals surface area contributed by atoms with Crippen molar-refractivity contribution in [3.63, 3.8) is 0 Å². The first-order chi connectivity index (χ1) is 15.2. The Morgan fingerprint density at radius 3 is 2.81 bits per heavy atom. The zero-order valence-corrected chi connectivity index (χ0v) is 18.0. The molecular weight excluding hydrogens is 390 g/mol. The number of nitrogens with one attached hydrogen (secondary N) is 3. The molecule has 2 saturated heterocycles. The van der Waals surface area contributed by atoms with Crippen molar-refractivity contribution < 1.29 is 9.53 Å². The van der Waals surface area contributed by atoms with E-state index in [0.29, 0.717) is 19.2 Å². The Balaban J connectivity index is 1.26. The third-order valence-electron chi connectivity index (χ3n) is 5.75. The van der Waals surface area contributed by atoms with Crippen molar-refractivity contribution in [2.24, 2.45) is 4.99 Å². The molecule has 2 aromatic rings. The number of rotatable bonds is 6. The Morgan fingerprint density at radius 1 is 1.16 bits per heavy atom. The topological polar surface area (TPSA) is 78.0 Å². The Bertz CT molecular complexity index is 896. The van der Waals surface area contributed by atoms with E-state index in [1.54, 1.807) is 7.05 Å². The molecule has 0 bridgehead atoms. The molecule has 3 N–H and O–H groups in total. The van der Waals surface area contributed by atoms with Crippen LogP contribution in [0.25, 0.3) is 0 Å². The number of hydrogen-bond donors (Lipinski definition) is 3. The van der Waals surface area contributed by atoms with Crippen molar-refractivity contribution in [1.29, 1.82) is 0 Å². The van der Waals surface area contributed by atoms with Crippen molar-refractivity contribution in [3.8, 4) is 0 Å². The maximum atomic E-state index is 12.3. The third-order valence-corrected chi connectivity index (χ3v) is 5.75. The van der Waals surface area contributed by atoms with Gasteiger partial charge < -0.3 is 25.6 Å². The van der Waals surface area contributed by atoms with Crippen LogP contribution in [0, 0.1) is 0 Å². The number of guanidine groups is 1. The number of nitrogens with zero attached hydrogens (tertiary/aromatic N) is 2. The van der Waals surface area contributed by atoms with Gasteiger partial charge in [0.2, 0.25) is 0 Å². The highest BCUT2D eigenvalue weighted by Gasteiger charge is 2.24. The van der Waals surface area contributed by atoms with E-state index in [-0.39, 0.29) is 12.0 Å². The molecule has 7 heteroatoms. The van der Waals surface area contributed by atoms with Crippen LogP contribution < -0.4 is 20.9 Å². The Kier molecular flexibility index (Phi) is 7.04. The molecule has 164 valence electrons. The van der Waals surface area contributed by atoms with E-state index >= 15 is 0 Å². The van der Waals surface area contributed by atoms with Crippen molar-refractivity contribution >= 4 is 23.2 Å². The lowest BCUT2D eigenvalue weighted by Gasteiger charge is -2.20. The predicted molar refractivity (Wildman–Crippen MR) is 124 cm³/mol. The van der Waals surface area contributed by atoms with Crippen molar-refractivity contribution in [2.45, 2.75) is 38.0 Å². The van der Waals surface area contributed by atoms with E-state index < -0.39 is 0 Å². The number of anilines is 2. The lowest BCUT2D eigenvalue weighted by molar-refractivity contribution is -0.124. The average molecular weight is 422 g/mol. The second-order valence-electron chi connectivity index (χ2n) is 8.03. The van der Waals surface area contributed by atoms with Gasteiger partial charge >= 0.3 is 0 Å². The minimum atomic E-state index is -0.327. The van der Waals surface area contributed by atoms with Crippen LogP contribution in [0.15, 0.2) is 59.6 Å². The molecule has 2 aliphatic rings. The average Bonchev–Trinajstić information content (AvgIpc) is 3.50. The minimum absolute atomic E-state index is 0.0655. The van der Waals surface area contributed by atoms with Gasteiger partial charge in [0.1, 0.15) is 6.10 Å². The summed E-state index contributed by atoms with van der Waals surface area (Å²) in [5.41, 5.74) is 3.12. The molecule has 2 unspecified atom stereocenters. The van der Waals surface area contributed by atoms with Gasteiger partial charge in [-0.1, -0.05) is 30.3 Å². The highest BCUT2D eigenvalue weighted by molar-refractivity contribution is 5.94. The quantitative estimate of drug-likeness (QED) is 0.494. The molecule has 0 aliphatic carbocycles. The van der Waals surface area contributed by atoms with Crippen LogP contribution in [0.2, 0.25) is 0 Å². The zero-order valence-electron chi connectivity index (χ0n) is 18.0. The largest absolute Gasteiger partial charge is 0.369 e. The predicted octanol–water partition coefficient (Wildman–Crippen LogP) is 2.75. The smallest absolute Gasteiger partial charge is 0.253 e. The number of benzene rings is 2. The van der Waals surface area contributed by atoms with Gasteiger partial charge in [0.05, 0.1) is 0 Å². The van der Waals surface area contributed by atoms with Crippen LogP contribution in [0.4, 0.5) is 11.4 Å². The molecule has 2 aromatic carbocycles. The molecule has 7 nitrogen and oxygen atoms in total. The van der Waals surface area contributed by atoms with Crippen LogP contribution >= 0.6 is 0 Å². The van der Waals surface area contributed by atoms with Gasteiger partial charge in [0.15, 0.2) is 5.96 Å². The summed E-state index contributed by atoms with van der Waals surface area (Å²) in [7, 11) is 1.79. The number of aliphatic imine (C=N–C) groups is 1. The first-order valence-corrected chi connectivity index (χ1v) is 11.0. The summed E-state index contributed by atoms with van der Waals surface area (Å²) in [6.45, 7) is 3.28. The Labute approximate surface area is 183 Å². The molecule has 0 aromatic heterocycles. The molecule has 4 rings (SSSR count). The fourth-order valence-electron chi connectivity index (χ4n) is 4.09. The van der Waals surface area contributed by atoms with Gasteiger partial charge in [0, 0.05) is 50.7 Å².